The Labute approximate surface area is 126 Å². The predicted octanol–water partition coefficient (Wildman–Crippen LogP) is 2.60. The number of aromatic nitrogens is 4. The van der Waals surface area contributed by atoms with Gasteiger partial charge in [0.25, 0.3) is 0 Å². The molecular weight excluding hydrogens is 284 g/mol. The molecule has 1 aliphatic carbocycles. The van der Waals surface area contributed by atoms with E-state index < -0.39 is 0 Å². The molecule has 0 saturated heterocycles. The lowest BCUT2D eigenvalue weighted by Crippen LogP contribution is -2.12. The Bertz CT molecular complexity index is 801. The molecule has 0 radical (unpaired) electrons. The number of anilines is 1. The largest absolute Gasteiger partial charge is 0.292 e. The van der Waals surface area contributed by atoms with Gasteiger partial charge in [-0.1, -0.05) is 6.92 Å². The Kier molecular flexibility index (Phi) is 2.90. The summed E-state index contributed by atoms with van der Waals surface area (Å²) < 4.78 is 1.84. The number of hydrogen-bond acceptors (Lipinski definition) is 6. The molecule has 0 bridgehead atoms. The number of hydrogen-bond donors (Lipinski definition) is 2. The fraction of sp³-hybridized carbons (Fsp3) is 0.357. The van der Waals surface area contributed by atoms with Crippen LogP contribution in [0.4, 0.5) is 5.95 Å². The second-order valence-electron chi connectivity index (χ2n) is 5.26. The molecule has 1 fully saturated rings. The Hall–Kier alpha value is -1.99. The van der Waals surface area contributed by atoms with Gasteiger partial charge in [-0.15, -0.1) is 11.3 Å². The topological polar surface area (TPSA) is 81.7 Å². The summed E-state index contributed by atoms with van der Waals surface area (Å²) in [6.45, 7) is 2.14. The van der Waals surface area contributed by atoms with Crippen LogP contribution in [0.25, 0.3) is 16.0 Å². The molecule has 0 unspecified atom stereocenters. The van der Waals surface area contributed by atoms with Gasteiger partial charge in [0.2, 0.25) is 5.95 Å². The molecule has 3 heterocycles. The predicted molar refractivity (Wildman–Crippen MR) is 83.7 cm³/mol. The van der Waals surface area contributed by atoms with Crippen LogP contribution in [0.1, 0.15) is 36.3 Å². The van der Waals surface area contributed by atoms with Crippen LogP contribution in [-0.4, -0.2) is 19.7 Å². The highest BCUT2D eigenvalue weighted by Crippen LogP contribution is 2.39. The number of rotatable bonds is 4. The molecule has 1 aliphatic rings. The minimum absolute atomic E-state index is 0.422. The van der Waals surface area contributed by atoms with Gasteiger partial charge in [-0.2, -0.15) is 10.1 Å². The smallest absolute Gasteiger partial charge is 0.240 e. The zero-order valence-corrected chi connectivity index (χ0v) is 12.5. The summed E-state index contributed by atoms with van der Waals surface area (Å²) in [6.07, 6.45) is 5.44. The minimum atomic E-state index is 0.422. The van der Waals surface area contributed by atoms with Crippen LogP contribution >= 0.6 is 11.3 Å². The summed E-state index contributed by atoms with van der Waals surface area (Å²) in [6, 6.07) is 4.22. The van der Waals surface area contributed by atoms with E-state index in [1.54, 1.807) is 11.3 Å². The summed E-state index contributed by atoms with van der Waals surface area (Å²) in [5.41, 5.74) is 3.69. The Morgan fingerprint density at radius 2 is 2.29 bits per heavy atom. The lowest BCUT2D eigenvalue weighted by atomic mass is 10.3. The van der Waals surface area contributed by atoms with Gasteiger partial charge >= 0.3 is 0 Å². The molecule has 6 nitrogen and oxygen atoms in total. The van der Waals surface area contributed by atoms with Crippen molar-refractivity contribution < 1.29 is 0 Å². The van der Waals surface area contributed by atoms with Crippen molar-refractivity contribution in [3.05, 3.63) is 28.9 Å². The quantitative estimate of drug-likeness (QED) is 0.572. The Balaban J connectivity index is 1.89. The summed E-state index contributed by atoms with van der Waals surface area (Å²) >= 11 is 1.67. The maximum Gasteiger partial charge on any atom is 0.240 e. The van der Waals surface area contributed by atoms with Gasteiger partial charge in [0, 0.05) is 17.0 Å². The van der Waals surface area contributed by atoms with Crippen LogP contribution in [-0.2, 0) is 6.42 Å². The molecular formula is C14H16N6S. The molecule has 3 aromatic heterocycles. The van der Waals surface area contributed by atoms with Gasteiger partial charge in [-0.05, 0) is 31.4 Å². The first-order valence-corrected chi connectivity index (χ1v) is 7.93. The SMILES string of the molecule is CCc1cc2c(-n3ccc(C4CC4)n3)nc(NN)nc2s1. The van der Waals surface area contributed by atoms with Crippen LogP contribution in [0.15, 0.2) is 18.3 Å². The molecule has 21 heavy (non-hydrogen) atoms. The van der Waals surface area contributed by atoms with Crippen LogP contribution < -0.4 is 11.3 Å². The van der Waals surface area contributed by atoms with E-state index in [0.29, 0.717) is 11.9 Å². The number of nitrogens with one attached hydrogen (secondary N) is 1. The molecule has 3 N–H and O–H groups in total. The maximum absolute atomic E-state index is 5.49. The molecule has 0 spiro atoms. The van der Waals surface area contributed by atoms with E-state index in [9.17, 15) is 0 Å². The number of nitrogen functional groups attached to an aromatic ring is 1. The van der Waals surface area contributed by atoms with E-state index >= 15 is 0 Å². The van der Waals surface area contributed by atoms with Crippen LogP contribution in [0, 0.1) is 0 Å². The number of hydrazine groups is 1. The highest BCUT2D eigenvalue weighted by atomic mass is 32.1. The second kappa shape index (κ2) is 4.78. The average Bonchev–Trinajstić information content (AvgIpc) is 3.10. The van der Waals surface area contributed by atoms with Crippen molar-refractivity contribution in [2.24, 2.45) is 5.84 Å². The van der Waals surface area contributed by atoms with Crippen molar-refractivity contribution in [1.82, 2.24) is 19.7 Å². The third kappa shape index (κ3) is 2.18. The molecule has 0 aliphatic heterocycles. The monoisotopic (exact) mass is 300 g/mol. The van der Waals surface area contributed by atoms with Crippen molar-refractivity contribution in [2.75, 3.05) is 5.43 Å². The molecule has 1 saturated carbocycles. The van der Waals surface area contributed by atoms with Crippen molar-refractivity contribution in [1.29, 1.82) is 0 Å². The van der Waals surface area contributed by atoms with E-state index in [1.165, 1.54) is 17.7 Å². The number of thiophene rings is 1. The van der Waals surface area contributed by atoms with Crippen molar-refractivity contribution in [3.63, 3.8) is 0 Å². The number of nitrogens with two attached hydrogens (primary N) is 1. The van der Waals surface area contributed by atoms with Gasteiger partial charge in [-0.25, -0.2) is 15.5 Å². The van der Waals surface area contributed by atoms with Crippen molar-refractivity contribution >= 4 is 27.5 Å². The molecule has 108 valence electrons. The molecule has 0 aromatic carbocycles. The summed E-state index contributed by atoms with van der Waals surface area (Å²) in [4.78, 5) is 11.1. The standard InChI is InChI=1S/C14H16N6S/c1-2-9-7-10-12(16-14(18-15)17-13(10)21-9)20-6-5-11(19-20)8-3-4-8/h5-8H,2-4,15H2,1H3,(H,16,17,18). The normalized spacial score (nSPS) is 14.8. The lowest BCUT2D eigenvalue weighted by molar-refractivity contribution is 0.817. The average molecular weight is 300 g/mol. The van der Waals surface area contributed by atoms with Crippen LogP contribution in [0.3, 0.4) is 0 Å². The Morgan fingerprint density at radius 3 is 3.00 bits per heavy atom. The minimum Gasteiger partial charge on any atom is -0.292 e. The van der Waals surface area contributed by atoms with Gasteiger partial charge in [-0.3, -0.25) is 5.43 Å². The van der Waals surface area contributed by atoms with Crippen molar-refractivity contribution in [2.45, 2.75) is 32.1 Å². The van der Waals surface area contributed by atoms with E-state index in [-0.39, 0.29) is 0 Å². The van der Waals surface area contributed by atoms with E-state index in [4.69, 9.17) is 5.84 Å². The molecule has 4 rings (SSSR count). The lowest BCUT2D eigenvalue weighted by Gasteiger charge is -2.05. The van der Waals surface area contributed by atoms with E-state index in [2.05, 4.69) is 39.5 Å². The molecule has 7 heteroatoms. The molecule has 0 amide bonds. The summed E-state index contributed by atoms with van der Waals surface area (Å²) in [5, 5.41) is 5.69. The zero-order valence-electron chi connectivity index (χ0n) is 11.7. The first-order chi connectivity index (χ1) is 10.3. The summed E-state index contributed by atoms with van der Waals surface area (Å²) in [7, 11) is 0. The van der Waals surface area contributed by atoms with E-state index in [0.717, 1.165) is 28.1 Å². The van der Waals surface area contributed by atoms with Gasteiger partial charge < -0.3 is 0 Å². The highest BCUT2D eigenvalue weighted by Gasteiger charge is 2.26. The van der Waals surface area contributed by atoms with Crippen LogP contribution in [0.5, 0.6) is 0 Å². The maximum atomic E-state index is 5.49. The molecule has 0 atom stereocenters. The first-order valence-electron chi connectivity index (χ1n) is 7.11. The fourth-order valence-corrected chi connectivity index (χ4v) is 3.38. The highest BCUT2D eigenvalue weighted by molar-refractivity contribution is 7.18. The fourth-order valence-electron chi connectivity index (χ4n) is 2.42. The zero-order chi connectivity index (χ0) is 14.4. The van der Waals surface area contributed by atoms with E-state index in [1.807, 2.05) is 10.9 Å². The summed E-state index contributed by atoms with van der Waals surface area (Å²) in [5.74, 6) is 7.33. The molecule has 3 aromatic rings. The van der Waals surface area contributed by atoms with Gasteiger partial charge in [0.1, 0.15) is 4.83 Å². The third-order valence-corrected chi connectivity index (χ3v) is 4.90. The van der Waals surface area contributed by atoms with Gasteiger partial charge in [0.15, 0.2) is 5.82 Å². The Morgan fingerprint density at radius 1 is 1.43 bits per heavy atom. The number of nitrogens with zero attached hydrogens (tertiary/aromatic N) is 4. The van der Waals surface area contributed by atoms with Crippen LogP contribution in [0.2, 0.25) is 0 Å². The number of aryl methyl sites for hydroxylation is 1. The van der Waals surface area contributed by atoms with Gasteiger partial charge in [0.05, 0.1) is 11.1 Å². The number of fused-ring (bicyclic) bond motifs is 1. The first kappa shape index (κ1) is 12.7. The van der Waals surface area contributed by atoms with Crippen molar-refractivity contribution in [3.8, 4) is 5.82 Å². The third-order valence-electron chi connectivity index (χ3n) is 3.72. The second-order valence-corrected chi connectivity index (χ2v) is 6.37.